The van der Waals surface area contributed by atoms with E-state index in [1.54, 1.807) is 13.0 Å². The molecule has 1 aromatic carbocycles. The Labute approximate surface area is 191 Å². The second-order valence-corrected chi connectivity index (χ2v) is 8.02. The van der Waals surface area contributed by atoms with E-state index in [1.807, 2.05) is 20.8 Å². The summed E-state index contributed by atoms with van der Waals surface area (Å²) in [6.07, 6.45) is 0. The molecule has 33 heavy (non-hydrogen) atoms. The van der Waals surface area contributed by atoms with E-state index in [9.17, 15) is 23.6 Å². The van der Waals surface area contributed by atoms with Crippen molar-refractivity contribution in [3.63, 3.8) is 0 Å². The van der Waals surface area contributed by atoms with Gasteiger partial charge in [-0.3, -0.25) is 19.2 Å². The topological polar surface area (TPSA) is 142 Å². The van der Waals surface area contributed by atoms with E-state index in [1.165, 1.54) is 31.2 Å². The zero-order valence-corrected chi connectivity index (χ0v) is 19.4. The number of aromatic nitrogens is 1. The third-order valence-electron chi connectivity index (χ3n) is 3.67. The van der Waals surface area contributed by atoms with Gasteiger partial charge >= 0.3 is 0 Å². The molecule has 0 saturated heterocycles. The van der Waals surface area contributed by atoms with Crippen LogP contribution >= 0.6 is 0 Å². The van der Waals surface area contributed by atoms with Gasteiger partial charge in [-0.2, -0.15) is 0 Å². The van der Waals surface area contributed by atoms with Crippen molar-refractivity contribution in [2.75, 3.05) is 19.6 Å². The molecule has 180 valence electrons. The molecule has 10 nitrogen and oxygen atoms in total. The van der Waals surface area contributed by atoms with Crippen LogP contribution in [0.4, 0.5) is 4.39 Å². The van der Waals surface area contributed by atoms with Gasteiger partial charge < -0.3 is 25.8 Å². The summed E-state index contributed by atoms with van der Waals surface area (Å²) in [5.74, 6) is -1.64. The summed E-state index contributed by atoms with van der Waals surface area (Å²) < 4.78 is 18.2. The van der Waals surface area contributed by atoms with Crippen LogP contribution in [-0.2, 0) is 9.59 Å². The maximum absolute atomic E-state index is 13.4. The summed E-state index contributed by atoms with van der Waals surface area (Å²) in [6, 6.07) is 7.05. The highest BCUT2D eigenvalue weighted by atomic mass is 19.1. The monoisotopic (exact) mass is 463 g/mol. The van der Waals surface area contributed by atoms with Gasteiger partial charge in [-0.15, -0.1) is 0 Å². The molecule has 0 fully saturated rings. The minimum absolute atomic E-state index is 0.0255. The van der Waals surface area contributed by atoms with E-state index in [-0.39, 0.29) is 42.3 Å². The van der Waals surface area contributed by atoms with Gasteiger partial charge in [0, 0.05) is 31.6 Å². The van der Waals surface area contributed by atoms with E-state index in [0.29, 0.717) is 5.76 Å². The minimum atomic E-state index is -0.616. The molecule has 4 amide bonds. The van der Waals surface area contributed by atoms with Crippen molar-refractivity contribution in [2.45, 2.75) is 40.2 Å². The molecule has 0 aliphatic carbocycles. The Balaban J connectivity index is 0.000000582. The van der Waals surface area contributed by atoms with Gasteiger partial charge in [0.15, 0.2) is 5.69 Å². The van der Waals surface area contributed by atoms with Crippen LogP contribution in [0.2, 0.25) is 0 Å². The number of hydrogen-bond donors (Lipinski definition) is 4. The molecule has 0 unspecified atom stereocenters. The summed E-state index contributed by atoms with van der Waals surface area (Å²) in [6.45, 7) is 9.04. The van der Waals surface area contributed by atoms with Gasteiger partial charge in [0.2, 0.25) is 11.8 Å². The number of benzene rings is 1. The Morgan fingerprint density at radius 1 is 1.00 bits per heavy atom. The first-order valence-corrected chi connectivity index (χ1v) is 10.2. The third-order valence-corrected chi connectivity index (χ3v) is 3.67. The van der Waals surface area contributed by atoms with Crippen molar-refractivity contribution in [2.24, 2.45) is 0 Å². The summed E-state index contributed by atoms with van der Waals surface area (Å²) in [4.78, 5) is 45.4. The maximum atomic E-state index is 13.4. The number of halogens is 1. The number of hydrogen-bond acceptors (Lipinski definition) is 6. The lowest BCUT2D eigenvalue weighted by Gasteiger charge is -2.18. The molecule has 0 aliphatic rings. The Kier molecular flexibility index (Phi) is 10.7. The van der Waals surface area contributed by atoms with Gasteiger partial charge in [-0.05, 0) is 39.8 Å². The highest BCUT2D eigenvalue weighted by molar-refractivity contribution is 5.95. The van der Waals surface area contributed by atoms with Crippen LogP contribution in [0.5, 0.6) is 0 Å². The lowest BCUT2D eigenvalue weighted by atomic mass is 10.1. The Morgan fingerprint density at radius 2 is 1.64 bits per heavy atom. The second kappa shape index (κ2) is 12.9. The highest BCUT2D eigenvalue weighted by Gasteiger charge is 2.13. The molecule has 0 radical (unpaired) electrons. The number of aryl methyl sites for hydroxylation is 1. The molecule has 2 rings (SSSR count). The van der Waals surface area contributed by atoms with Crippen molar-refractivity contribution >= 4 is 23.6 Å². The summed E-state index contributed by atoms with van der Waals surface area (Å²) in [5.41, 5.74) is -0.0577. The molecule has 11 heteroatoms. The highest BCUT2D eigenvalue weighted by Crippen LogP contribution is 2.05. The first-order valence-electron chi connectivity index (χ1n) is 10.2. The maximum Gasteiger partial charge on any atom is 0.273 e. The number of carbonyl (C=O) groups excluding carboxylic acids is 4. The fraction of sp³-hybridized carbons (Fsp3) is 0.409. The zero-order chi connectivity index (χ0) is 25.0. The summed E-state index contributed by atoms with van der Waals surface area (Å²) >= 11 is 0. The average molecular weight is 464 g/mol. The lowest BCUT2D eigenvalue weighted by Crippen LogP contribution is -2.40. The van der Waals surface area contributed by atoms with E-state index in [0.717, 1.165) is 0 Å². The summed E-state index contributed by atoms with van der Waals surface area (Å²) in [5, 5.41) is 13.7. The van der Waals surface area contributed by atoms with Crippen LogP contribution in [0.3, 0.4) is 0 Å². The standard InChI is InChI=1S/C16H17FN4O4.C6H13NO/c1-10-8-13(21-25-10)16(24)20-9-14(22)18-6-7-19-15(23)11-4-2-3-5-12(11)17;1-5(8)7-6(2,3)4/h2-5,8H,6-7,9H2,1H3,(H,18,22)(H,19,23)(H,20,24);1-4H3,(H,7,8). The smallest absolute Gasteiger partial charge is 0.273 e. The fourth-order valence-corrected chi connectivity index (χ4v) is 2.43. The molecule has 0 saturated carbocycles. The Hall–Kier alpha value is -3.76. The molecule has 4 N–H and O–H groups in total. The Morgan fingerprint density at radius 3 is 2.15 bits per heavy atom. The normalized spacial score (nSPS) is 10.4. The molecular formula is C22H30FN5O5. The van der Waals surface area contributed by atoms with Crippen LogP contribution in [-0.4, -0.2) is 54.0 Å². The van der Waals surface area contributed by atoms with Crippen LogP contribution < -0.4 is 21.3 Å². The first-order chi connectivity index (χ1) is 15.4. The quantitative estimate of drug-likeness (QED) is 0.456. The van der Waals surface area contributed by atoms with Crippen LogP contribution in [0, 0.1) is 12.7 Å². The van der Waals surface area contributed by atoms with Gasteiger partial charge in [0.1, 0.15) is 11.6 Å². The molecule has 0 atom stereocenters. The Bertz CT molecular complexity index is 968. The van der Waals surface area contributed by atoms with Gasteiger partial charge in [-0.1, -0.05) is 17.3 Å². The molecule has 2 aromatic rings. The van der Waals surface area contributed by atoms with Gasteiger partial charge in [0.25, 0.3) is 11.8 Å². The van der Waals surface area contributed by atoms with Crippen LogP contribution in [0.25, 0.3) is 0 Å². The zero-order valence-electron chi connectivity index (χ0n) is 19.4. The number of nitrogens with one attached hydrogen (secondary N) is 4. The molecule has 0 spiro atoms. The van der Waals surface area contributed by atoms with E-state index in [4.69, 9.17) is 4.52 Å². The van der Waals surface area contributed by atoms with Crippen molar-refractivity contribution in [3.05, 3.63) is 53.2 Å². The van der Waals surface area contributed by atoms with E-state index in [2.05, 4.69) is 26.4 Å². The molecule has 0 bridgehead atoms. The van der Waals surface area contributed by atoms with Crippen molar-refractivity contribution in [1.29, 1.82) is 0 Å². The van der Waals surface area contributed by atoms with Crippen molar-refractivity contribution in [3.8, 4) is 0 Å². The predicted molar refractivity (Wildman–Crippen MR) is 119 cm³/mol. The molecular weight excluding hydrogens is 433 g/mol. The van der Waals surface area contributed by atoms with Crippen molar-refractivity contribution < 1.29 is 28.1 Å². The SMILES string of the molecule is CC(=O)NC(C)(C)C.Cc1cc(C(=O)NCC(=O)NCCNC(=O)c2ccccc2F)no1. The lowest BCUT2D eigenvalue weighted by molar-refractivity contribution is -0.121. The molecule has 1 heterocycles. The molecule has 1 aromatic heterocycles. The first kappa shape index (κ1) is 27.3. The molecule has 0 aliphatic heterocycles. The van der Waals surface area contributed by atoms with Crippen LogP contribution in [0.1, 0.15) is 54.3 Å². The average Bonchev–Trinajstić information content (AvgIpc) is 3.14. The number of carbonyl (C=O) groups is 4. The predicted octanol–water partition coefficient (Wildman–Crippen LogP) is 1.32. The number of rotatable bonds is 7. The van der Waals surface area contributed by atoms with E-state index < -0.39 is 23.5 Å². The second-order valence-electron chi connectivity index (χ2n) is 8.02. The van der Waals surface area contributed by atoms with Crippen molar-refractivity contribution in [1.82, 2.24) is 26.4 Å². The third kappa shape index (κ3) is 11.4. The number of nitrogens with zero attached hydrogens (tertiary/aromatic N) is 1. The van der Waals surface area contributed by atoms with Gasteiger partial charge in [0.05, 0.1) is 12.1 Å². The van der Waals surface area contributed by atoms with Gasteiger partial charge in [-0.25, -0.2) is 4.39 Å². The fourth-order valence-electron chi connectivity index (χ4n) is 2.43. The minimum Gasteiger partial charge on any atom is -0.361 e. The largest absolute Gasteiger partial charge is 0.361 e. The van der Waals surface area contributed by atoms with E-state index >= 15 is 0 Å². The van der Waals surface area contributed by atoms with Crippen LogP contribution in [0.15, 0.2) is 34.9 Å². The number of amides is 4. The summed E-state index contributed by atoms with van der Waals surface area (Å²) in [7, 11) is 0.